The Morgan fingerprint density at radius 3 is 2.71 bits per heavy atom. The van der Waals surface area contributed by atoms with Crippen molar-refractivity contribution in [3.05, 3.63) is 0 Å². The van der Waals surface area contributed by atoms with Crippen LogP contribution in [0.1, 0.15) is 33.6 Å². The molecule has 80 valence electrons. The molecule has 1 amide bonds. The van der Waals surface area contributed by atoms with Gasteiger partial charge in [-0.1, -0.05) is 20.8 Å². The number of hydrogen-bond donors (Lipinski definition) is 1. The fourth-order valence-corrected chi connectivity index (χ4v) is 2.42. The van der Waals surface area contributed by atoms with E-state index in [0.29, 0.717) is 17.4 Å². The number of amides is 1. The summed E-state index contributed by atoms with van der Waals surface area (Å²) < 4.78 is 0. The Hall–Kier alpha value is -0.570. The molecule has 2 unspecified atom stereocenters. The Kier molecular flexibility index (Phi) is 2.30. The fourth-order valence-electron chi connectivity index (χ4n) is 2.42. The van der Waals surface area contributed by atoms with Gasteiger partial charge in [-0.2, -0.15) is 0 Å². The van der Waals surface area contributed by atoms with Crippen LogP contribution < -0.4 is 5.32 Å². The van der Waals surface area contributed by atoms with E-state index in [1.54, 1.807) is 0 Å². The number of rotatable bonds is 3. The van der Waals surface area contributed by atoms with Gasteiger partial charge in [-0.3, -0.25) is 4.79 Å². The third kappa shape index (κ3) is 1.54. The molecule has 1 aliphatic carbocycles. The first kappa shape index (κ1) is 9.97. The molecule has 1 saturated carbocycles. The SMILES string of the molecule is CCNC1CCN(C2CC2(C)C)C1=O. The minimum absolute atomic E-state index is 0.0939. The van der Waals surface area contributed by atoms with Crippen LogP contribution in [0.4, 0.5) is 0 Å². The molecule has 1 aliphatic heterocycles. The summed E-state index contributed by atoms with van der Waals surface area (Å²) in [5, 5.41) is 3.24. The van der Waals surface area contributed by atoms with Gasteiger partial charge in [0.2, 0.25) is 5.91 Å². The molecule has 14 heavy (non-hydrogen) atoms. The Morgan fingerprint density at radius 1 is 1.57 bits per heavy atom. The Morgan fingerprint density at radius 2 is 2.21 bits per heavy atom. The van der Waals surface area contributed by atoms with Crippen LogP contribution >= 0.6 is 0 Å². The molecule has 2 aliphatic rings. The summed E-state index contributed by atoms with van der Waals surface area (Å²) in [6.07, 6.45) is 2.16. The van der Waals surface area contributed by atoms with Crippen LogP contribution in [-0.2, 0) is 4.79 Å². The number of likely N-dealkylation sites (tertiary alicyclic amines) is 1. The largest absolute Gasteiger partial charge is 0.338 e. The molecule has 2 fully saturated rings. The molecule has 3 nitrogen and oxygen atoms in total. The molecule has 0 aromatic carbocycles. The van der Waals surface area contributed by atoms with Crippen LogP contribution in [0.25, 0.3) is 0 Å². The van der Waals surface area contributed by atoms with Gasteiger partial charge in [-0.05, 0) is 24.8 Å². The molecular formula is C11H20N2O. The van der Waals surface area contributed by atoms with Crippen LogP contribution in [0.3, 0.4) is 0 Å². The molecule has 0 spiro atoms. The Labute approximate surface area is 85.8 Å². The maximum atomic E-state index is 11.9. The summed E-state index contributed by atoms with van der Waals surface area (Å²) in [6, 6.07) is 0.607. The highest BCUT2D eigenvalue weighted by Gasteiger charge is 2.53. The van der Waals surface area contributed by atoms with Crippen LogP contribution in [0.15, 0.2) is 0 Å². The number of nitrogens with zero attached hydrogens (tertiary/aromatic N) is 1. The predicted octanol–water partition coefficient (Wildman–Crippen LogP) is 0.995. The summed E-state index contributed by atoms with van der Waals surface area (Å²) in [4.78, 5) is 14.0. The Balaban J connectivity index is 1.95. The number of likely N-dealkylation sites (N-methyl/N-ethyl adjacent to an activating group) is 1. The first-order chi connectivity index (χ1) is 6.56. The van der Waals surface area contributed by atoms with Gasteiger partial charge in [-0.25, -0.2) is 0 Å². The normalized spacial score (nSPS) is 35.1. The van der Waals surface area contributed by atoms with E-state index in [0.717, 1.165) is 19.5 Å². The van der Waals surface area contributed by atoms with Crippen molar-refractivity contribution < 1.29 is 4.79 Å². The smallest absolute Gasteiger partial charge is 0.240 e. The standard InChI is InChI=1S/C11H20N2O/c1-4-12-8-5-6-13(10(8)14)9-7-11(9,2)3/h8-9,12H,4-7H2,1-3H3. The molecule has 3 heteroatoms. The van der Waals surface area contributed by atoms with Crippen molar-refractivity contribution in [1.29, 1.82) is 0 Å². The first-order valence-corrected chi connectivity index (χ1v) is 5.60. The third-order valence-electron chi connectivity index (χ3n) is 3.53. The minimum Gasteiger partial charge on any atom is -0.338 e. The number of nitrogens with one attached hydrogen (secondary N) is 1. The zero-order valence-corrected chi connectivity index (χ0v) is 9.34. The molecule has 0 radical (unpaired) electrons. The van der Waals surface area contributed by atoms with E-state index in [9.17, 15) is 4.79 Å². The van der Waals surface area contributed by atoms with Gasteiger partial charge in [0.05, 0.1) is 6.04 Å². The van der Waals surface area contributed by atoms with Gasteiger partial charge in [0, 0.05) is 12.6 Å². The van der Waals surface area contributed by atoms with Gasteiger partial charge < -0.3 is 10.2 Å². The van der Waals surface area contributed by atoms with Crippen molar-refractivity contribution >= 4 is 5.91 Å². The average Bonchev–Trinajstić information content (AvgIpc) is 2.57. The number of carbonyl (C=O) groups excluding carboxylic acids is 1. The zero-order chi connectivity index (χ0) is 10.3. The van der Waals surface area contributed by atoms with Crippen LogP contribution in [0.2, 0.25) is 0 Å². The van der Waals surface area contributed by atoms with Crippen LogP contribution in [0.5, 0.6) is 0 Å². The lowest BCUT2D eigenvalue weighted by Gasteiger charge is -2.18. The van der Waals surface area contributed by atoms with E-state index >= 15 is 0 Å². The van der Waals surface area contributed by atoms with Gasteiger partial charge >= 0.3 is 0 Å². The molecule has 0 aromatic heterocycles. The van der Waals surface area contributed by atoms with Gasteiger partial charge in [0.25, 0.3) is 0 Å². The Bertz CT molecular complexity index is 250. The topological polar surface area (TPSA) is 32.3 Å². The molecule has 1 saturated heterocycles. The lowest BCUT2D eigenvalue weighted by atomic mass is 10.2. The van der Waals surface area contributed by atoms with Gasteiger partial charge in [-0.15, -0.1) is 0 Å². The van der Waals surface area contributed by atoms with Gasteiger partial charge in [0.1, 0.15) is 0 Å². The van der Waals surface area contributed by atoms with Crippen molar-refractivity contribution in [2.24, 2.45) is 5.41 Å². The number of hydrogen-bond acceptors (Lipinski definition) is 2. The van der Waals surface area contributed by atoms with E-state index in [-0.39, 0.29) is 6.04 Å². The van der Waals surface area contributed by atoms with Crippen molar-refractivity contribution in [3.8, 4) is 0 Å². The van der Waals surface area contributed by atoms with Crippen LogP contribution in [0, 0.1) is 5.41 Å². The predicted molar refractivity (Wildman–Crippen MR) is 56.0 cm³/mol. The fraction of sp³-hybridized carbons (Fsp3) is 0.909. The van der Waals surface area contributed by atoms with Crippen molar-refractivity contribution in [2.45, 2.75) is 45.7 Å². The second kappa shape index (κ2) is 3.23. The summed E-state index contributed by atoms with van der Waals surface area (Å²) in [6.45, 7) is 8.37. The second-order valence-electron chi connectivity index (χ2n) is 5.14. The zero-order valence-electron chi connectivity index (χ0n) is 9.34. The average molecular weight is 196 g/mol. The maximum Gasteiger partial charge on any atom is 0.240 e. The molecule has 2 rings (SSSR count). The summed E-state index contributed by atoms with van der Waals surface area (Å²) in [7, 11) is 0. The lowest BCUT2D eigenvalue weighted by Crippen LogP contribution is -2.39. The maximum absolute atomic E-state index is 11.9. The first-order valence-electron chi connectivity index (χ1n) is 5.60. The van der Waals surface area contributed by atoms with E-state index in [1.165, 1.54) is 6.42 Å². The molecule has 2 atom stereocenters. The van der Waals surface area contributed by atoms with Crippen molar-refractivity contribution in [2.75, 3.05) is 13.1 Å². The molecule has 0 aromatic rings. The molecule has 1 heterocycles. The van der Waals surface area contributed by atoms with E-state index in [2.05, 4.69) is 31.0 Å². The van der Waals surface area contributed by atoms with Gasteiger partial charge in [0.15, 0.2) is 0 Å². The van der Waals surface area contributed by atoms with Crippen molar-refractivity contribution in [1.82, 2.24) is 10.2 Å². The molecule has 0 bridgehead atoms. The highest BCUT2D eigenvalue weighted by atomic mass is 16.2. The highest BCUT2D eigenvalue weighted by molar-refractivity contribution is 5.84. The van der Waals surface area contributed by atoms with E-state index in [1.807, 2.05) is 0 Å². The lowest BCUT2D eigenvalue weighted by molar-refractivity contribution is -0.130. The summed E-state index contributed by atoms with van der Waals surface area (Å²) in [5.74, 6) is 0.322. The minimum atomic E-state index is 0.0939. The van der Waals surface area contributed by atoms with Crippen LogP contribution in [-0.4, -0.2) is 36.0 Å². The third-order valence-corrected chi connectivity index (χ3v) is 3.53. The van der Waals surface area contributed by atoms with Crippen molar-refractivity contribution in [3.63, 3.8) is 0 Å². The van der Waals surface area contributed by atoms with E-state index in [4.69, 9.17) is 0 Å². The molecular weight excluding hydrogens is 176 g/mol. The number of carbonyl (C=O) groups is 1. The summed E-state index contributed by atoms with van der Waals surface area (Å²) >= 11 is 0. The second-order valence-corrected chi connectivity index (χ2v) is 5.14. The highest BCUT2D eigenvalue weighted by Crippen LogP contribution is 2.49. The molecule has 1 N–H and O–H groups in total. The summed E-state index contributed by atoms with van der Waals surface area (Å²) in [5.41, 5.74) is 0.372. The van der Waals surface area contributed by atoms with E-state index < -0.39 is 0 Å². The monoisotopic (exact) mass is 196 g/mol. The quantitative estimate of drug-likeness (QED) is 0.730.